The summed E-state index contributed by atoms with van der Waals surface area (Å²) in [6, 6.07) is 7.80. The molecule has 0 radical (unpaired) electrons. The lowest BCUT2D eigenvalue weighted by Gasteiger charge is -2.15. The van der Waals surface area contributed by atoms with Gasteiger partial charge in [0.15, 0.2) is 0 Å². The van der Waals surface area contributed by atoms with Gasteiger partial charge < -0.3 is 0 Å². The highest BCUT2D eigenvalue weighted by molar-refractivity contribution is 6.31. The van der Waals surface area contributed by atoms with E-state index in [4.69, 9.17) is 11.6 Å². The van der Waals surface area contributed by atoms with E-state index in [1.165, 1.54) is 32.1 Å². The van der Waals surface area contributed by atoms with Crippen molar-refractivity contribution in [1.29, 1.82) is 0 Å². The van der Waals surface area contributed by atoms with Crippen LogP contribution in [0.25, 0.3) is 0 Å². The fraction of sp³-hybridized carbons (Fsp3) is 0.429. The zero-order valence-corrected chi connectivity index (χ0v) is 9.56. The SMILES string of the molecule is Clc1ccccc1C#CC1CCCCC1. The third-order valence-electron chi connectivity index (χ3n) is 2.89. The number of hydrogen-bond acceptors (Lipinski definition) is 0. The summed E-state index contributed by atoms with van der Waals surface area (Å²) in [6.07, 6.45) is 6.57. The van der Waals surface area contributed by atoms with Gasteiger partial charge in [0.2, 0.25) is 0 Å². The molecule has 2 rings (SSSR count). The Bertz CT molecular complexity index is 378. The van der Waals surface area contributed by atoms with E-state index in [1.54, 1.807) is 0 Å². The van der Waals surface area contributed by atoms with E-state index in [1.807, 2.05) is 24.3 Å². The lowest BCUT2D eigenvalue weighted by Crippen LogP contribution is -2.03. The minimum Gasteiger partial charge on any atom is -0.0944 e. The molecule has 0 heterocycles. The van der Waals surface area contributed by atoms with E-state index in [9.17, 15) is 0 Å². The average molecular weight is 219 g/mol. The largest absolute Gasteiger partial charge is 0.0944 e. The molecular weight excluding hydrogens is 204 g/mol. The fourth-order valence-electron chi connectivity index (χ4n) is 1.99. The van der Waals surface area contributed by atoms with Crippen LogP contribution in [0.4, 0.5) is 0 Å². The molecule has 0 spiro atoms. The van der Waals surface area contributed by atoms with Crippen LogP contribution in [0.5, 0.6) is 0 Å². The van der Waals surface area contributed by atoms with E-state index in [0.29, 0.717) is 5.92 Å². The summed E-state index contributed by atoms with van der Waals surface area (Å²) in [5, 5.41) is 0.765. The first-order chi connectivity index (χ1) is 7.36. The lowest BCUT2D eigenvalue weighted by molar-refractivity contribution is 0.430. The second kappa shape index (κ2) is 5.24. The molecule has 0 unspecified atom stereocenters. The first-order valence-corrected chi connectivity index (χ1v) is 6.00. The van der Waals surface area contributed by atoms with Gasteiger partial charge in [0.25, 0.3) is 0 Å². The van der Waals surface area contributed by atoms with Crippen LogP contribution >= 0.6 is 11.6 Å². The van der Waals surface area contributed by atoms with Gasteiger partial charge in [-0.3, -0.25) is 0 Å². The van der Waals surface area contributed by atoms with Crippen molar-refractivity contribution in [3.63, 3.8) is 0 Å². The van der Waals surface area contributed by atoms with E-state index >= 15 is 0 Å². The van der Waals surface area contributed by atoms with Gasteiger partial charge in [0, 0.05) is 11.5 Å². The van der Waals surface area contributed by atoms with Crippen LogP contribution in [0, 0.1) is 17.8 Å². The minimum atomic E-state index is 0.593. The summed E-state index contributed by atoms with van der Waals surface area (Å²) in [5.41, 5.74) is 0.963. The lowest BCUT2D eigenvalue weighted by atomic mass is 9.90. The summed E-state index contributed by atoms with van der Waals surface area (Å²) in [4.78, 5) is 0. The Morgan fingerprint density at radius 2 is 1.80 bits per heavy atom. The summed E-state index contributed by atoms with van der Waals surface area (Å²) < 4.78 is 0. The first kappa shape index (κ1) is 10.6. The van der Waals surface area contributed by atoms with Crippen molar-refractivity contribution in [2.75, 3.05) is 0 Å². The normalized spacial score (nSPS) is 16.9. The molecule has 1 heteroatoms. The van der Waals surface area contributed by atoms with Crippen LogP contribution in [0.2, 0.25) is 5.02 Å². The highest BCUT2D eigenvalue weighted by Crippen LogP contribution is 2.23. The Kier molecular flexibility index (Phi) is 3.69. The van der Waals surface area contributed by atoms with Crippen LogP contribution in [-0.2, 0) is 0 Å². The third kappa shape index (κ3) is 3.01. The molecule has 1 aliphatic carbocycles. The van der Waals surface area contributed by atoms with Crippen LogP contribution in [-0.4, -0.2) is 0 Å². The molecule has 0 amide bonds. The molecule has 0 N–H and O–H groups in total. The summed E-state index contributed by atoms with van der Waals surface area (Å²) in [6.45, 7) is 0. The summed E-state index contributed by atoms with van der Waals surface area (Å²) >= 11 is 6.04. The Hall–Kier alpha value is -0.930. The number of benzene rings is 1. The number of hydrogen-bond donors (Lipinski definition) is 0. The van der Waals surface area contributed by atoms with Crippen molar-refractivity contribution in [3.8, 4) is 11.8 Å². The van der Waals surface area contributed by atoms with E-state index in [2.05, 4.69) is 11.8 Å². The highest BCUT2D eigenvalue weighted by atomic mass is 35.5. The van der Waals surface area contributed by atoms with Crippen molar-refractivity contribution in [2.24, 2.45) is 5.92 Å². The van der Waals surface area contributed by atoms with Crippen LogP contribution < -0.4 is 0 Å². The quantitative estimate of drug-likeness (QED) is 0.571. The van der Waals surface area contributed by atoms with E-state index in [0.717, 1.165) is 10.6 Å². The topological polar surface area (TPSA) is 0 Å². The Morgan fingerprint density at radius 1 is 1.07 bits per heavy atom. The van der Waals surface area contributed by atoms with Gasteiger partial charge in [-0.2, -0.15) is 0 Å². The molecule has 15 heavy (non-hydrogen) atoms. The molecule has 1 aromatic rings. The first-order valence-electron chi connectivity index (χ1n) is 5.62. The van der Waals surface area contributed by atoms with Crippen LogP contribution in [0.3, 0.4) is 0 Å². The zero-order valence-electron chi connectivity index (χ0n) is 8.80. The number of halogens is 1. The van der Waals surface area contributed by atoms with Gasteiger partial charge in [-0.15, -0.1) is 0 Å². The smallest absolute Gasteiger partial charge is 0.0562 e. The van der Waals surface area contributed by atoms with E-state index < -0.39 is 0 Å². The fourth-order valence-corrected chi connectivity index (χ4v) is 2.17. The molecule has 0 atom stereocenters. The maximum atomic E-state index is 6.04. The molecular formula is C14H15Cl. The molecule has 1 aromatic carbocycles. The van der Waals surface area contributed by atoms with Gasteiger partial charge >= 0.3 is 0 Å². The summed E-state index contributed by atoms with van der Waals surface area (Å²) in [7, 11) is 0. The predicted molar refractivity (Wildman–Crippen MR) is 64.9 cm³/mol. The second-order valence-corrected chi connectivity index (χ2v) is 4.49. The number of rotatable bonds is 0. The maximum Gasteiger partial charge on any atom is 0.0562 e. The molecule has 0 bridgehead atoms. The Morgan fingerprint density at radius 3 is 2.53 bits per heavy atom. The van der Waals surface area contributed by atoms with E-state index in [-0.39, 0.29) is 0 Å². The van der Waals surface area contributed by atoms with Gasteiger partial charge in [0.05, 0.1) is 5.02 Å². The molecule has 1 aliphatic rings. The van der Waals surface area contributed by atoms with Crippen LogP contribution in [0.15, 0.2) is 24.3 Å². The highest BCUT2D eigenvalue weighted by Gasteiger charge is 2.09. The van der Waals surface area contributed by atoms with Gasteiger partial charge in [-0.1, -0.05) is 54.8 Å². The Balaban J connectivity index is 2.07. The monoisotopic (exact) mass is 218 g/mol. The zero-order chi connectivity index (χ0) is 10.5. The summed E-state index contributed by atoms with van der Waals surface area (Å²) in [5.74, 6) is 7.14. The molecule has 78 valence electrons. The molecule has 0 aromatic heterocycles. The van der Waals surface area contributed by atoms with Crippen molar-refractivity contribution in [1.82, 2.24) is 0 Å². The van der Waals surface area contributed by atoms with Crippen molar-refractivity contribution < 1.29 is 0 Å². The van der Waals surface area contributed by atoms with Gasteiger partial charge in [-0.05, 0) is 25.0 Å². The Labute approximate surface area is 96.6 Å². The van der Waals surface area contributed by atoms with Gasteiger partial charge in [-0.25, -0.2) is 0 Å². The van der Waals surface area contributed by atoms with Crippen molar-refractivity contribution in [2.45, 2.75) is 32.1 Å². The standard InChI is InChI=1S/C14H15Cl/c15-14-9-5-4-8-13(14)11-10-12-6-2-1-3-7-12/h4-5,8-9,12H,1-3,6-7H2. The molecule has 0 saturated heterocycles. The van der Waals surface area contributed by atoms with Crippen molar-refractivity contribution >= 4 is 11.6 Å². The second-order valence-electron chi connectivity index (χ2n) is 4.08. The van der Waals surface area contributed by atoms with Gasteiger partial charge in [0.1, 0.15) is 0 Å². The third-order valence-corrected chi connectivity index (χ3v) is 3.22. The minimum absolute atomic E-state index is 0.593. The van der Waals surface area contributed by atoms with Crippen LogP contribution in [0.1, 0.15) is 37.7 Å². The maximum absolute atomic E-state index is 6.04. The molecule has 1 saturated carbocycles. The molecule has 0 aliphatic heterocycles. The average Bonchev–Trinajstić information content (AvgIpc) is 2.29. The molecule has 1 fully saturated rings. The molecule has 0 nitrogen and oxygen atoms in total. The predicted octanol–water partition coefficient (Wildman–Crippen LogP) is 4.27. The van der Waals surface area contributed by atoms with Crippen molar-refractivity contribution in [3.05, 3.63) is 34.9 Å².